The van der Waals surface area contributed by atoms with E-state index in [1.165, 1.54) is 22.7 Å². The molecule has 0 spiro atoms. The number of benzene rings is 1. The largest absolute Gasteiger partial charge is 0.326 e. The summed E-state index contributed by atoms with van der Waals surface area (Å²) in [7, 11) is 0. The van der Waals surface area contributed by atoms with Gasteiger partial charge in [-0.25, -0.2) is 4.98 Å². The van der Waals surface area contributed by atoms with E-state index in [2.05, 4.69) is 10.3 Å². The van der Waals surface area contributed by atoms with Crippen LogP contribution in [0, 0.1) is 0 Å². The van der Waals surface area contributed by atoms with E-state index in [1.54, 1.807) is 17.0 Å². The fourth-order valence-corrected chi connectivity index (χ4v) is 4.76. The lowest BCUT2D eigenvalue weighted by molar-refractivity contribution is -0.119. The minimum Gasteiger partial charge on any atom is -0.326 e. The molecule has 4 rings (SSSR count). The second-order valence-electron chi connectivity index (χ2n) is 6.14. The van der Waals surface area contributed by atoms with Crippen LogP contribution in [-0.4, -0.2) is 34.3 Å². The smallest absolute Gasteiger partial charge is 0.264 e. The van der Waals surface area contributed by atoms with E-state index in [1.807, 2.05) is 35.0 Å². The van der Waals surface area contributed by atoms with Crippen LogP contribution in [0.4, 0.5) is 5.13 Å². The molecule has 1 aromatic carbocycles. The van der Waals surface area contributed by atoms with Crippen LogP contribution in [-0.2, 0) is 4.79 Å². The van der Waals surface area contributed by atoms with Gasteiger partial charge in [-0.1, -0.05) is 35.9 Å². The molecule has 1 N–H and O–H groups in total. The molecule has 2 amide bonds. The van der Waals surface area contributed by atoms with Gasteiger partial charge in [0.1, 0.15) is 6.04 Å². The summed E-state index contributed by atoms with van der Waals surface area (Å²) in [6.07, 6.45) is 1.48. The van der Waals surface area contributed by atoms with Crippen molar-refractivity contribution in [2.24, 2.45) is 0 Å². The standard InChI is InChI=1S/C19H16ClN3O2S2/c20-13-6-2-1-5-12(13)14-11-27-19(21-14)22-17(24)15-7-3-9-23(15)18(25)16-8-4-10-26-16/h1-2,4-6,8,10-11,15H,3,7,9H2,(H,21,22,24). The number of halogens is 1. The van der Waals surface area contributed by atoms with Crippen molar-refractivity contribution in [1.82, 2.24) is 9.88 Å². The van der Waals surface area contributed by atoms with Crippen molar-refractivity contribution in [3.8, 4) is 11.3 Å². The van der Waals surface area contributed by atoms with Gasteiger partial charge in [-0.15, -0.1) is 22.7 Å². The van der Waals surface area contributed by atoms with Gasteiger partial charge in [0.2, 0.25) is 5.91 Å². The molecular weight excluding hydrogens is 402 g/mol. The fourth-order valence-electron chi connectivity index (χ4n) is 3.14. The van der Waals surface area contributed by atoms with E-state index in [9.17, 15) is 9.59 Å². The van der Waals surface area contributed by atoms with Gasteiger partial charge in [0, 0.05) is 22.5 Å². The Labute approximate surface area is 169 Å². The molecule has 1 saturated heterocycles. The highest BCUT2D eigenvalue weighted by Gasteiger charge is 2.35. The number of nitrogens with zero attached hydrogens (tertiary/aromatic N) is 2. The van der Waals surface area contributed by atoms with E-state index >= 15 is 0 Å². The molecule has 1 aliphatic rings. The van der Waals surface area contributed by atoms with E-state index in [0.717, 1.165) is 17.7 Å². The van der Waals surface area contributed by atoms with Crippen LogP contribution < -0.4 is 5.32 Å². The third kappa shape index (κ3) is 3.76. The quantitative estimate of drug-likeness (QED) is 0.665. The zero-order chi connectivity index (χ0) is 18.8. The maximum Gasteiger partial charge on any atom is 0.264 e. The number of thiazole rings is 1. The molecule has 3 aromatic rings. The van der Waals surface area contributed by atoms with Crippen LogP contribution in [0.25, 0.3) is 11.3 Å². The molecule has 1 aliphatic heterocycles. The molecule has 0 aliphatic carbocycles. The maximum absolute atomic E-state index is 12.8. The van der Waals surface area contributed by atoms with E-state index in [4.69, 9.17) is 11.6 Å². The summed E-state index contributed by atoms with van der Waals surface area (Å²) in [4.78, 5) is 32.2. The van der Waals surface area contributed by atoms with Crippen molar-refractivity contribution in [3.05, 3.63) is 57.1 Å². The summed E-state index contributed by atoms with van der Waals surface area (Å²) in [5.74, 6) is -0.281. The molecule has 138 valence electrons. The number of hydrogen-bond acceptors (Lipinski definition) is 5. The molecule has 1 atom stereocenters. The Morgan fingerprint density at radius 1 is 1.19 bits per heavy atom. The molecular formula is C19H16ClN3O2S2. The summed E-state index contributed by atoms with van der Waals surface area (Å²) in [6, 6.07) is 10.6. The van der Waals surface area contributed by atoms with Crippen LogP contribution in [0.5, 0.6) is 0 Å². The Morgan fingerprint density at radius 2 is 2.04 bits per heavy atom. The lowest BCUT2D eigenvalue weighted by Crippen LogP contribution is -2.42. The molecule has 0 saturated carbocycles. The first-order valence-corrected chi connectivity index (χ1v) is 10.6. The minimum absolute atomic E-state index is 0.0847. The number of hydrogen-bond donors (Lipinski definition) is 1. The first-order chi connectivity index (χ1) is 13.1. The number of rotatable bonds is 4. The van der Waals surface area contributed by atoms with E-state index < -0.39 is 6.04 Å². The second kappa shape index (κ2) is 7.80. The number of nitrogens with one attached hydrogen (secondary N) is 1. The average Bonchev–Trinajstić information content (AvgIpc) is 3.42. The van der Waals surface area contributed by atoms with Gasteiger partial charge in [-0.05, 0) is 30.4 Å². The lowest BCUT2D eigenvalue weighted by atomic mass is 10.2. The highest BCUT2D eigenvalue weighted by Crippen LogP contribution is 2.31. The number of carbonyl (C=O) groups excluding carboxylic acids is 2. The van der Waals surface area contributed by atoms with Crippen molar-refractivity contribution >= 4 is 51.2 Å². The molecule has 0 bridgehead atoms. The number of aromatic nitrogens is 1. The lowest BCUT2D eigenvalue weighted by Gasteiger charge is -2.22. The van der Waals surface area contributed by atoms with Crippen molar-refractivity contribution in [1.29, 1.82) is 0 Å². The van der Waals surface area contributed by atoms with Crippen molar-refractivity contribution in [2.45, 2.75) is 18.9 Å². The van der Waals surface area contributed by atoms with Gasteiger partial charge in [0.15, 0.2) is 5.13 Å². The van der Waals surface area contributed by atoms with Crippen LogP contribution >= 0.6 is 34.3 Å². The predicted molar refractivity (Wildman–Crippen MR) is 110 cm³/mol. The van der Waals surface area contributed by atoms with Gasteiger partial charge >= 0.3 is 0 Å². The molecule has 8 heteroatoms. The zero-order valence-electron chi connectivity index (χ0n) is 14.2. The number of amides is 2. The molecule has 0 radical (unpaired) electrons. The molecule has 2 aromatic heterocycles. The van der Waals surface area contributed by atoms with Crippen LogP contribution in [0.2, 0.25) is 5.02 Å². The SMILES string of the molecule is O=C(Nc1nc(-c2ccccc2Cl)cs1)C1CCCN1C(=O)c1cccs1. The third-order valence-corrected chi connectivity index (χ3v) is 6.38. The van der Waals surface area contributed by atoms with Crippen LogP contribution in [0.3, 0.4) is 0 Å². The topological polar surface area (TPSA) is 62.3 Å². The highest BCUT2D eigenvalue weighted by atomic mass is 35.5. The number of thiophene rings is 1. The van der Waals surface area contributed by atoms with Gasteiger partial charge in [-0.2, -0.15) is 0 Å². The van der Waals surface area contributed by atoms with Gasteiger partial charge in [0.05, 0.1) is 10.6 Å². The zero-order valence-corrected chi connectivity index (χ0v) is 16.6. The van der Waals surface area contributed by atoms with Crippen molar-refractivity contribution in [3.63, 3.8) is 0 Å². The van der Waals surface area contributed by atoms with Crippen LogP contribution in [0.1, 0.15) is 22.5 Å². The Hall–Kier alpha value is -2.22. The van der Waals surface area contributed by atoms with Gasteiger partial charge in [0.25, 0.3) is 5.91 Å². The number of anilines is 1. The predicted octanol–water partition coefficient (Wildman–Crippen LogP) is 4.77. The average molecular weight is 418 g/mol. The summed E-state index contributed by atoms with van der Waals surface area (Å²) in [6.45, 7) is 0.595. The number of carbonyl (C=O) groups is 2. The van der Waals surface area contributed by atoms with Crippen molar-refractivity contribution in [2.75, 3.05) is 11.9 Å². The summed E-state index contributed by atoms with van der Waals surface area (Å²) in [5, 5.41) is 7.70. The Morgan fingerprint density at radius 3 is 2.81 bits per heavy atom. The second-order valence-corrected chi connectivity index (χ2v) is 8.35. The van der Waals surface area contributed by atoms with Gasteiger partial charge in [-0.3, -0.25) is 9.59 Å². The monoisotopic (exact) mass is 417 g/mol. The Kier molecular flexibility index (Phi) is 5.24. The first kappa shape index (κ1) is 18.2. The Balaban J connectivity index is 1.48. The summed E-state index contributed by atoms with van der Waals surface area (Å²) < 4.78 is 0. The molecule has 5 nitrogen and oxygen atoms in total. The van der Waals surface area contributed by atoms with Crippen LogP contribution in [0.15, 0.2) is 47.2 Å². The van der Waals surface area contributed by atoms with E-state index in [0.29, 0.717) is 28.0 Å². The third-order valence-electron chi connectivity index (χ3n) is 4.43. The first-order valence-electron chi connectivity index (χ1n) is 8.49. The summed E-state index contributed by atoms with van der Waals surface area (Å²) >= 11 is 8.95. The van der Waals surface area contributed by atoms with E-state index in [-0.39, 0.29) is 11.8 Å². The highest BCUT2D eigenvalue weighted by molar-refractivity contribution is 7.14. The number of likely N-dealkylation sites (tertiary alicyclic amines) is 1. The normalized spacial score (nSPS) is 16.5. The molecule has 27 heavy (non-hydrogen) atoms. The summed E-state index contributed by atoms with van der Waals surface area (Å²) in [5.41, 5.74) is 1.55. The maximum atomic E-state index is 12.8. The molecule has 3 heterocycles. The Bertz CT molecular complexity index is 971. The minimum atomic E-state index is -0.465. The molecule has 1 unspecified atom stereocenters. The fraction of sp³-hybridized carbons (Fsp3) is 0.211. The van der Waals surface area contributed by atoms with Crippen molar-refractivity contribution < 1.29 is 9.59 Å². The van der Waals surface area contributed by atoms with Gasteiger partial charge < -0.3 is 10.2 Å². The molecule has 1 fully saturated rings.